The summed E-state index contributed by atoms with van der Waals surface area (Å²) in [5.41, 5.74) is 0. The van der Waals surface area contributed by atoms with Crippen molar-refractivity contribution in [3.8, 4) is 0 Å². The minimum absolute atomic E-state index is 0.849. The van der Waals surface area contributed by atoms with Gasteiger partial charge in [0.15, 0.2) is 0 Å². The molecule has 1 aliphatic carbocycles. The summed E-state index contributed by atoms with van der Waals surface area (Å²) in [6, 6.07) is 0. The summed E-state index contributed by atoms with van der Waals surface area (Å²) in [5.74, 6) is 1.99. The molecule has 1 saturated carbocycles. The van der Waals surface area contributed by atoms with Crippen LogP contribution in [0.4, 0.5) is 0 Å². The summed E-state index contributed by atoms with van der Waals surface area (Å²) in [6.45, 7) is 9.57. The Morgan fingerprint density at radius 1 is 0.895 bits per heavy atom. The summed E-state index contributed by atoms with van der Waals surface area (Å²) in [7, 11) is 0. The Balaban J connectivity index is 2.61. The van der Waals surface area contributed by atoms with Crippen molar-refractivity contribution in [2.45, 2.75) is 102 Å². The lowest BCUT2D eigenvalue weighted by atomic mass is 9.85. The van der Waals surface area contributed by atoms with E-state index in [1.807, 2.05) is 0 Å². The van der Waals surface area contributed by atoms with Gasteiger partial charge in [-0.25, -0.2) is 0 Å². The SMILES string of the molecule is CCC1CCCCCC(CC)C(SC(C)CC)CC1. The van der Waals surface area contributed by atoms with Crippen molar-refractivity contribution >= 4 is 11.8 Å². The summed E-state index contributed by atoms with van der Waals surface area (Å²) < 4.78 is 0. The van der Waals surface area contributed by atoms with E-state index in [1.54, 1.807) is 0 Å². The maximum absolute atomic E-state index is 2.42. The first kappa shape index (κ1) is 17.4. The molecule has 0 saturated heterocycles. The van der Waals surface area contributed by atoms with E-state index in [-0.39, 0.29) is 0 Å². The van der Waals surface area contributed by atoms with Crippen LogP contribution in [0.25, 0.3) is 0 Å². The zero-order valence-electron chi connectivity index (χ0n) is 13.8. The first-order valence-corrected chi connectivity index (χ1v) is 9.80. The molecule has 1 fully saturated rings. The van der Waals surface area contributed by atoms with E-state index in [9.17, 15) is 0 Å². The molecule has 0 amide bonds. The molecule has 1 heteroatoms. The van der Waals surface area contributed by atoms with Crippen LogP contribution in [0.1, 0.15) is 91.9 Å². The van der Waals surface area contributed by atoms with Crippen LogP contribution in [0.2, 0.25) is 0 Å². The molecular weight excluding hydrogens is 248 g/mol. The van der Waals surface area contributed by atoms with Gasteiger partial charge in [-0.3, -0.25) is 0 Å². The highest BCUT2D eigenvalue weighted by Crippen LogP contribution is 2.36. The molecule has 0 nitrogen and oxygen atoms in total. The smallest absolute Gasteiger partial charge is 0.00780 e. The summed E-state index contributed by atoms with van der Waals surface area (Å²) in [4.78, 5) is 0. The van der Waals surface area contributed by atoms with Crippen LogP contribution in [0.15, 0.2) is 0 Å². The highest BCUT2D eigenvalue weighted by Gasteiger charge is 2.24. The Kier molecular flexibility index (Phi) is 9.28. The maximum Gasteiger partial charge on any atom is 0.00780 e. The monoisotopic (exact) mass is 284 g/mol. The zero-order valence-corrected chi connectivity index (χ0v) is 14.6. The van der Waals surface area contributed by atoms with Crippen molar-refractivity contribution in [2.75, 3.05) is 0 Å². The minimum Gasteiger partial charge on any atom is -0.155 e. The van der Waals surface area contributed by atoms with Gasteiger partial charge in [-0.1, -0.05) is 66.2 Å². The molecule has 4 atom stereocenters. The summed E-state index contributed by atoms with van der Waals surface area (Å²) in [6.07, 6.45) is 14.5. The molecule has 0 bridgehead atoms. The van der Waals surface area contributed by atoms with Gasteiger partial charge >= 0.3 is 0 Å². The van der Waals surface area contributed by atoms with Gasteiger partial charge in [0.25, 0.3) is 0 Å². The van der Waals surface area contributed by atoms with Crippen LogP contribution in [0, 0.1) is 11.8 Å². The molecule has 1 rings (SSSR count). The van der Waals surface area contributed by atoms with Crippen molar-refractivity contribution in [3.63, 3.8) is 0 Å². The Labute approximate surface area is 126 Å². The highest BCUT2D eigenvalue weighted by molar-refractivity contribution is 8.00. The second-order valence-corrected chi connectivity index (χ2v) is 8.23. The number of rotatable bonds is 5. The predicted octanol–water partition coefficient (Wildman–Crippen LogP) is 6.68. The quantitative estimate of drug-likeness (QED) is 0.542. The van der Waals surface area contributed by atoms with Gasteiger partial charge in [-0.05, 0) is 37.5 Å². The van der Waals surface area contributed by atoms with E-state index < -0.39 is 0 Å². The van der Waals surface area contributed by atoms with E-state index >= 15 is 0 Å². The third-order valence-electron chi connectivity index (χ3n) is 5.16. The molecule has 4 unspecified atom stereocenters. The van der Waals surface area contributed by atoms with Gasteiger partial charge in [0.2, 0.25) is 0 Å². The minimum atomic E-state index is 0.849. The van der Waals surface area contributed by atoms with Crippen LogP contribution >= 0.6 is 11.8 Å². The van der Waals surface area contributed by atoms with Crippen molar-refractivity contribution in [1.82, 2.24) is 0 Å². The van der Waals surface area contributed by atoms with Gasteiger partial charge in [0.1, 0.15) is 0 Å². The fraction of sp³-hybridized carbons (Fsp3) is 1.00. The number of thioether (sulfide) groups is 1. The van der Waals surface area contributed by atoms with Crippen LogP contribution in [0.5, 0.6) is 0 Å². The second kappa shape index (κ2) is 10.1. The van der Waals surface area contributed by atoms with Crippen LogP contribution in [-0.4, -0.2) is 10.5 Å². The van der Waals surface area contributed by atoms with Crippen LogP contribution in [0.3, 0.4) is 0 Å². The molecule has 114 valence electrons. The van der Waals surface area contributed by atoms with Gasteiger partial charge in [0, 0.05) is 10.5 Å². The molecule has 0 aliphatic heterocycles. The third kappa shape index (κ3) is 6.56. The summed E-state index contributed by atoms with van der Waals surface area (Å²) >= 11 is 2.30. The molecule has 19 heavy (non-hydrogen) atoms. The average Bonchev–Trinajstić information content (AvgIpc) is 2.44. The molecule has 0 aromatic rings. The average molecular weight is 285 g/mol. The normalized spacial score (nSPS) is 31.9. The van der Waals surface area contributed by atoms with Gasteiger partial charge in [-0.15, -0.1) is 0 Å². The van der Waals surface area contributed by atoms with Gasteiger partial charge < -0.3 is 0 Å². The van der Waals surface area contributed by atoms with E-state index in [1.165, 1.54) is 64.2 Å². The van der Waals surface area contributed by atoms with E-state index in [0.29, 0.717) is 0 Å². The fourth-order valence-corrected chi connectivity index (χ4v) is 5.04. The lowest BCUT2D eigenvalue weighted by molar-refractivity contribution is 0.336. The highest BCUT2D eigenvalue weighted by atomic mass is 32.2. The molecule has 0 aromatic carbocycles. The van der Waals surface area contributed by atoms with Gasteiger partial charge in [0.05, 0.1) is 0 Å². The first-order valence-electron chi connectivity index (χ1n) is 8.86. The Morgan fingerprint density at radius 2 is 1.63 bits per heavy atom. The van der Waals surface area contributed by atoms with Crippen LogP contribution < -0.4 is 0 Å². The van der Waals surface area contributed by atoms with Crippen molar-refractivity contribution in [3.05, 3.63) is 0 Å². The van der Waals surface area contributed by atoms with E-state index in [2.05, 4.69) is 39.5 Å². The third-order valence-corrected chi connectivity index (χ3v) is 6.92. The Morgan fingerprint density at radius 3 is 2.26 bits per heavy atom. The Bertz CT molecular complexity index is 214. The molecule has 0 heterocycles. The fourth-order valence-electron chi connectivity index (χ4n) is 3.43. The molecule has 0 aromatic heterocycles. The number of hydrogen-bond donors (Lipinski definition) is 0. The molecule has 1 aliphatic rings. The lowest BCUT2D eigenvalue weighted by Crippen LogP contribution is -2.21. The Hall–Kier alpha value is 0.350. The summed E-state index contributed by atoms with van der Waals surface area (Å²) in [5, 5.41) is 1.79. The second-order valence-electron chi connectivity index (χ2n) is 6.55. The van der Waals surface area contributed by atoms with Crippen molar-refractivity contribution < 1.29 is 0 Å². The van der Waals surface area contributed by atoms with Crippen LogP contribution in [-0.2, 0) is 0 Å². The van der Waals surface area contributed by atoms with E-state index in [0.717, 1.165) is 22.3 Å². The molecular formula is C18H36S. The van der Waals surface area contributed by atoms with Gasteiger partial charge in [-0.2, -0.15) is 11.8 Å². The largest absolute Gasteiger partial charge is 0.155 e. The standard InChI is InChI=1S/C18H36S/c1-5-15(4)19-18-14-13-16(6-2)11-9-8-10-12-17(18)7-3/h15-18H,5-14H2,1-4H3. The van der Waals surface area contributed by atoms with E-state index in [4.69, 9.17) is 0 Å². The van der Waals surface area contributed by atoms with Crippen molar-refractivity contribution in [2.24, 2.45) is 11.8 Å². The maximum atomic E-state index is 2.42. The van der Waals surface area contributed by atoms with Crippen molar-refractivity contribution in [1.29, 1.82) is 0 Å². The topological polar surface area (TPSA) is 0 Å². The number of hydrogen-bond acceptors (Lipinski definition) is 1. The zero-order chi connectivity index (χ0) is 14.1. The molecule has 0 N–H and O–H groups in total. The first-order chi connectivity index (χ1) is 9.21. The predicted molar refractivity (Wildman–Crippen MR) is 91.0 cm³/mol. The molecule has 0 spiro atoms. The molecule has 0 radical (unpaired) electrons. The lowest BCUT2D eigenvalue weighted by Gasteiger charge is -2.30.